The van der Waals surface area contributed by atoms with E-state index in [1.165, 1.54) is 24.0 Å². The number of rotatable bonds is 8. The fourth-order valence-corrected chi connectivity index (χ4v) is 10.1. The lowest BCUT2D eigenvalue weighted by Crippen LogP contribution is -2.43. The number of phenols is 1. The molecule has 4 aliphatic rings. The van der Waals surface area contributed by atoms with Gasteiger partial charge in [-0.15, -0.1) is 0 Å². The lowest BCUT2D eigenvalue weighted by molar-refractivity contribution is -0.126. The van der Waals surface area contributed by atoms with Gasteiger partial charge in [-0.05, 0) is 109 Å². The van der Waals surface area contributed by atoms with Crippen molar-refractivity contribution in [2.45, 2.75) is 12.8 Å². The second-order valence-electron chi connectivity index (χ2n) is 16.3. The number of anilines is 2. The van der Waals surface area contributed by atoms with Crippen LogP contribution in [0.15, 0.2) is 136 Å². The molecule has 0 unspecified atom stereocenters. The van der Waals surface area contributed by atoms with Crippen molar-refractivity contribution in [3.63, 3.8) is 0 Å². The molecule has 11 rings (SSSR count). The van der Waals surface area contributed by atoms with Crippen LogP contribution in [0.2, 0.25) is 0 Å². The van der Waals surface area contributed by atoms with Gasteiger partial charge in [-0.3, -0.25) is 29.0 Å². The number of phenolic OH excluding ortho intramolecular Hbond substituents is 1. The van der Waals surface area contributed by atoms with Crippen LogP contribution in [0, 0.1) is 35.5 Å². The van der Waals surface area contributed by atoms with Crippen molar-refractivity contribution in [3.8, 4) is 40.2 Å². The number of aromatic nitrogens is 2. The van der Waals surface area contributed by atoms with E-state index < -0.39 is 35.5 Å². The minimum absolute atomic E-state index is 0.153. The number of nitrogens with zero attached hydrogens (tertiary/aromatic N) is 4. The van der Waals surface area contributed by atoms with Crippen LogP contribution in [0.25, 0.3) is 51.2 Å². The highest BCUT2D eigenvalue weighted by Crippen LogP contribution is 2.56. The predicted octanol–water partition coefficient (Wildman–Crippen LogP) is 8.62. The van der Waals surface area contributed by atoms with E-state index in [0.29, 0.717) is 63.0 Å². The lowest BCUT2D eigenvalue weighted by Gasteiger charge is -2.42. The summed E-state index contributed by atoms with van der Waals surface area (Å²) in [7, 11) is 2.88. The third-order valence-corrected chi connectivity index (χ3v) is 13.0. The molecule has 2 aliphatic heterocycles. The average Bonchev–Trinajstić information content (AvgIpc) is 4.07. The largest absolute Gasteiger partial charge is 0.502 e. The zero-order valence-corrected chi connectivity index (χ0v) is 34.0. The van der Waals surface area contributed by atoms with Crippen LogP contribution in [0.1, 0.15) is 18.4 Å². The smallest absolute Gasteiger partial charge is 0.238 e. The van der Waals surface area contributed by atoms with Crippen LogP contribution in [0.4, 0.5) is 11.4 Å². The van der Waals surface area contributed by atoms with Gasteiger partial charge >= 0.3 is 0 Å². The summed E-state index contributed by atoms with van der Waals surface area (Å²) in [5.41, 5.74) is 6.42. The third-order valence-electron chi connectivity index (χ3n) is 13.0. The maximum Gasteiger partial charge on any atom is 0.238 e. The fourth-order valence-electron chi connectivity index (χ4n) is 10.1. The number of aromatic hydroxyl groups is 1. The molecule has 4 amide bonds. The number of hydrogen-bond donors (Lipinski definition) is 1. The molecule has 1 saturated carbocycles. The molecule has 6 atom stereocenters. The van der Waals surface area contributed by atoms with Crippen molar-refractivity contribution in [1.29, 1.82) is 0 Å². The predicted molar refractivity (Wildman–Crippen MR) is 232 cm³/mol. The summed E-state index contributed by atoms with van der Waals surface area (Å²) in [6.07, 6.45) is 6.20. The van der Waals surface area contributed by atoms with E-state index in [9.17, 15) is 24.3 Å². The number of amides is 4. The second-order valence-corrected chi connectivity index (χ2v) is 16.3. The van der Waals surface area contributed by atoms with Gasteiger partial charge in [-0.2, -0.15) is 0 Å². The first kappa shape index (κ1) is 38.1. The molecule has 2 aliphatic carbocycles. The number of methoxy groups -OCH3 is 2. The van der Waals surface area contributed by atoms with Crippen LogP contribution in [-0.4, -0.2) is 52.9 Å². The van der Waals surface area contributed by atoms with Gasteiger partial charge in [-0.1, -0.05) is 48.1 Å². The molecular formula is C50H38N4O9. The minimum Gasteiger partial charge on any atom is -0.502 e. The molecule has 13 nitrogen and oxygen atoms in total. The molecule has 3 fully saturated rings. The SMILES string of the molecule is COc1cc(C=C[C@H]2C3=CC[C@@H]4C(=O)N(c5ccc(-c6nc7ccccc7o6)cc5)C(=O)[C@@H]4[C@@H]3C[C@H]3C(=O)N(c4ccc(-c5nc6ccccc6o5)cc4)C(=O)[C@@H]23)cc(OC)c1O. The van der Waals surface area contributed by atoms with Gasteiger partial charge in [0, 0.05) is 17.0 Å². The van der Waals surface area contributed by atoms with Gasteiger partial charge in [-0.25, -0.2) is 9.97 Å². The number of fused-ring (bicyclic) bond motifs is 6. The first-order chi connectivity index (χ1) is 30.7. The molecule has 0 radical (unpaired) electrons. The van der Waals surface area contributed by atoms with E-state index in [2.05, 4.69) is 9.97 Å². The van der Waals surface area contributed by atoms with Crippen LogP contribution in [0.5, 0.6) is 17.2 Å². The Morgan fingerprint density at radius 2 is 1.14 bits per heavy atom. The number of carbonyl (C=O) groups excluding carboxylic acids is 4. The van der Waals surface area contributed by atoms with Gasteiger partial charge < -0.3 is 23.4 Å². The Bertz CT molecular complexity index is 3000. The fraction of sp³-hybridized carbons (Fsp3) is 0.200. The summed E-state index contributed by atoms with van der Waals surface area (Å²) in [5, 5.41) is 10.6. The quantitative estimate of drug-likeness (QED) is 0.115. The number of ether oxygens (including phenoxy) is 2. The van der Waals surface area contributed by atoms with Crippen LogP contribution >= 0.6 is 0 Å². The molecule has 7 aromatic rings. The number of benzene rings is 5. The van der Waals surface area contributed by atoms with E-state index in [1.54, 1.807) is 60.7 Å². The van der Waals surface area contributed by atoms with E-state index in [1.807, 2.05) is 66.8 Å². The first-order valence-corrected chi connectivity index (χ1v) is 20.7. The van der Waals surface area contributed by atoms with Crippen molar-refractivity contribution in [1.82, 2.24) is 9.97 Å². The van der Waals surface area contributed by atoms with Gasteiger partial charge in [0.15, 0.2) is 22.7 Å². The summed E-state index contributed by atoms with van der Waals surface area (Å²) in [4.78, 5) is 70.0. The second kappa shape index (κ2) is 14.7. The van der Waals surface area contributed by atoms with Crippen molar-refractivity contribution in [2.75, 3.05) is 24.0 Å². The highest BCUT2D eigenvalue weighted by atomic mass is 16.5. The number of hydrogen-bond acceptors (Lipinski definition) is 11. The molecule has 0 spiro atoms. The first-order valence-electron chi connectivity index (χ1n) is 20.7. The zero-order valence-electron chi connectivity index (χ0n) is 34.0. The van der Waals surface area contributed by atoms with E-state index in [4.69, 9.17) is 18.3 Å². The highest BCUT2D eigenvalue weighted by molar-refractivity contribution is 6.24. The van der Waals surface area contributed by atoms with Gasteiger partial charge in [0.05, 0.1) is 49.3 Å². The Balaban J connectivity index is 0.932. The molecule has 63 heavy (non-hydrogen) atoms. The number of carbonyl (C=O) groups is 4. The third kappa shape index (κ3) is 6.05. The Morgan fingerprint density at radius 1 is 0.635 bits per heavy atom. The van der Waals surface area contributed by atoms with E-state index >= 15 is 0 Å². The minimum atomic E-state index is -0.784. The summed E-state index contributed by atoms with van der Waals surface area (Å²) in [5.74, 6) is -4.33. The van der Waals surface area contributed by atoms with Crippen LogP contribution < -0.4 is 19.3 Å². The maximum atomic E-state index is 14.7. The molecule has 2 aromatic heterocycles. The van der Waals surface area contributed by atoms with Gasteiger partial charge in [0.2, 0.25) is 41.2 Å². The zero-order chi connectivity index (χ0) is 43.1. The maximum absolute atomic E-state index is 14.7. The Hall–Kier alpha value is -7.80. The molecule has 0 bridgehead atoms. The van der Waals surface area contributed by atoms with Crippen LogP contribution in [-0.2, 0) is 19.2 Å². The molecule has 312 valence electrons. The van der Waals surface area contributed by atoms with Gasteiger partial charge in [0.1, 0.15) is 11.0 Å². The summed E-state index contributed by atoms with van der Waals surface area (Å²) in [6, 6.07) is 32.2. The molecule has 4 heterocycles. The normalized spacial score (nSPS) is 23.1. The number of para-hydroxylation sites is 4. The summed E-state index contributed by atoms with van der Waals surface area (Å²) >= 11 is 0. The van der Waals surface area contributed by atoms with E-state index in [0.717, 1.165) is 11.1 Å². The highest BCUT2D eigenvalue weighted by Gasteiger charge is 2.61. The number of oxazole rings is 2. The average molecular weight is 839 g/mol. The van der Waals surface area contributed by atoms with Crippen molar-refractivity contribution in [2.24, 2.45) is 35.5 Å². The van der Waals surface area contributed by atoms with E-state index in [-0.39, 0.29) is 47.3 Å². The van der Waals surface area contributed by atoms with Crippen molar-refractivity contribution >= 4 is 63.3 Å². The molecular weight excluding hydrogens is 801 g/mol. The monoisotopic (exact) mass is 838 g/mol. The standard InChI is InChI=1S/C50H38N4O9/c1-60-40-23-26(24-41(61-2)44(40)55)11-20-32-31-21-22-33-43(50(59)53(47(33)56)29-16-12-27(13-17-29)45-51-36-7-3-5-9-38(36)62-45)34(31)25-35-42(32)49(58)54(48(35)57)30-18-14-28(15-19-30)46-52-37-8-4-6-10-39(37)63-46/h3-21,23-24,32-35,42-43,55H,22,25H2,1-2H3/t32-,33-,34+,35+,42-,43-/m0/s1. The van der Waals surface area contributed by atoms with Crippen molar-refractivity contribution in [3.05, 3.63) is 132 Å². The lowest BCUT2D eigenvalue weighted by atomic mass is 9.58. The topological polar surface area (TPSA) is 166 Å². The van der Waals surface area contributed by atoms with Gasteiger partial charge in [0.25, 0.3) is 0 Å². The summed E-state index contributed by atoms with van der Waals surface area (Å²) in [6.45, 7) is 0. The summed E-state index contributed by atoms with van der Waals surface area (Å²) < 4.78 is 22.7. The van der Waals surface area contributed by atoms with Crippen LogP contribution in [0.3, 0.4) is 0 Å². The molecule has 5 aromatic carbocycles. The number of allylic oxidation sites excluding steroid dienone is 3. The molecule has 1 N–H and O–H groups in total. The molecule has 13 heteroatoms. The Kier molecular flexibility index (Phi) is 8.89. The Labute approximate surface area is 359 Å². The Morgan fingerprint density at radius 3 is 1.67 bits per heavy atom. The van der Waals surface area contributed by atoms with Crippen molar-refractivity contribution < 1.29 is 42.6 Å². The molecule has 2 saturated heterocycles. The number of imide groups is 2.